The van der Waals surface area contributed by atoms with Crippen molar-refractivity contribution in [2.75, 3.05) is 33.3 Å². The van der Waals surface area contributed by atoms with E-state index < -0.39 is 0 Å². The second-order valence-electron chi connectivity index (χ2n) is 6.27. The minimum atomic E-state index is 0.172. The van der Waals surface area contributed by atoms with Crippen molar-refractivity contribution in [3.8, 4) is 0 Å². The Morgan fingerprint density at radius 1 is 1.12 bits per heavy atom. The SMILES string of the molecule is CCC(CC)(CNC(C)(C)C)CN(C)CCO. The van der Waals surface area contributed by atoms with Crippen LogP contribution in [0, 0.1) is 5.41 Å². The third-order valence-corrected chi connectivity index (χ3v) is 3.58. The molecule has 104 valence electrons. The summed E-state index contributed by atoms with van der Waals surface area (Å²) in [6, 6.07) is 0. The average Bonchev–Trinajstić information content (AvgIpc) is 2.23. The lowest BCUT2D eigenvalue weighted by atomic mass is 9.81. The highest BCUT2D eigenvalue weighted by Crippen LogP contribution is 2.27. The van der Waals surface area contributed by atoms with E-state index in [1.54, 1.807) is 0 Å². The van der Waals surface area contributed by atoms with Crippen LogP contribution in [0.4, 0.5) is 0 Å². The quantitative estimate of drug-likeness (QED) is 0.686. The molecule has 0 aromatic heterocycles. The highest BCUT2D eigenvalue weighted by molar-refractivity contribution is 4.85. The molecule has 0 unspecified atom stereocenters. The minimum absolute atomic E-state index is 0.172. The van der Waals surface area contributed by atoms with Crippen molar-refractivity contribution in [1.29, 1.82) is 0 Å². The Hall–Kier alpha value is -0.120. The molecule has 0 aliphatic heterocycles. The van der Waals surface area contributed by atoms with Gasteiger partial charge >= 0.3 is 0 Å². The zero-order valence-electron chi connectivity index (χ0n) is 12.6. The number of rotatable bonds is 8. The molecule has 3 heteroatoms. The first-order chi connectivity index (χ1) is 7.78. The van der Waals surface area contributed by atoms with Gasteiger partial charge < -0.3 is 15.3 Å². The summed E-state index contributed by atoms with van der Waals surface area (Å²) >= 11 is 0. The first-order valence-corrected chi connectivity index (χ1v) is 6.83. The Balaban J connectivity index is 4.44. The van der Waals surface area contributed by atoms with Crippen LogP contribution in [0.2, 0.25) is 0 Å². The van der Waals surface area contributed by atoms with E-state index in [-0.39, 0.29) is 12.1 Å². The smallest absolute Gasteiger partial charge is 0.0558 e. The van der Waals surface area contributed by atoms with Crippen molar-refractivity contribution in [2.24, 2.45) is 5.41 Å². The first-order valence-electron chi connectivity index (χ1n) is 6.83. The van der Waals surface area contributed by atoms with E-state index in [9.17, 15) is 0 Å². The summed E-state index contributed by atoms with van der Waals surface area (Å²) in [4.78, 5) is 2.23. The van der Waals surface area contributed by atoms with Crippen LogP contribution in [0.5, 0.6) is 0 Å². The van der Waals surface area contributed by atoms with Crippen molar-refractivity contribution in [3.05, 3.63) is 0 Å². The van der Waals surface area contributed by atoms with Gasteiger partial charge in [-0.1, -0.05) is 13.8 Å². The monoisotopic (exact) mass is 244 g/mol. The fourth-order valence-electron chi connectivity index (χ4n) is 2.05. The van der Waals surface area contributed by atoms with Gasteiger partial charge in [0.2, 0.25) is 0 Å². The Bertz CT molecular complexity index is 195. The molecule has 0 fully saturated rings. The number of nitrogens with zero attached hydrogens (tertiary/aromatic N) is 1. The molecule has 0 atom stereocenters. The second kappa shape index (κ2) is 7.34. The predicted octanol–water partition coefficient (Wildman–Crippen LogP) is 2.11. The van der Waals surface area contributed by atoms with Gasteiger partial charge in [0.15, 0.2) is 0 Å². The fraction of sp³-hybridized carbons (Fsp3) is 1.00. The number of hydrogen-bond acceptors (Lipinski definition) is 3. The lowest BCUT2D eigenvalue weighted by molar-refractivity contribution is 0.127. The van der Waals surface area contributed by atoms with Crippen molar-refractivity contribution in [1.82, 2.24) is 10.2 Å². The summed E-state index contributed by atoms with van der Waals surface area (Å²) in [5, 5.41) is 12.6. The molecule has 0 aliphatic rings. The maximum atomic E-state index is 8.98. The highest BCUT2D eigenvalue weighted by Gasteiger charge is 2.28. The van der Waals surface area contributed by atoms with Crippen LogP contribution in [0.1, 0.15) is 47.5 Å². The zero-order chi connectivity index (χ0) is 13.5. The van der Waals surface area contributed by atoms with Gasteiger partial charge in [-0.2, -0.15) is 0 Å². The van der Waals surface area contributed by atoms with Crippen LogP contribution < -0.4 is 5.32 Å². The molecule has 2 N–H and O–H groups in total. The number of likely N-dealkylation sites (N-methyl/N-ethyl adjacent to an activating group) is 1. The minimum Gasteiger partial charge on any atom is -0.395 e. The van der Waals surface area contributed by atoms with Crippen LogP contribution in [-0.4, -0.2) is 48.8 Å². The lowest BCUT2D eigenvalue weighted by Crippen LogP contribution is -2.48. The van der Waals surface area contributed by atoms with Gasteiger partial charge in [0.1, 0.15) is 0 Å². The Labute approximate surface area is 108 Å². The predicted molar refractivity (Wildman–Crippen MR) is 75.4 cm³/mol. The van der Waals surface area contributed by atoms with Crippen molar-refractivity contribution in [3.63, 3.8) is 0 Å². The summed E-state index contributed by atoms with van der Waals surface area (Å²) in [5.74, 6) is 0. The van der Waals surface area contributed by atoms with Gasteiger partial charge in [-0.05, 0) is 46.1 Å². The molecule has 0 saturated carbocycles. The molecule has 3 nitrogen and oxygen atoms in total. The van der Waals surface area contributed by atoms with E-state index in [0.717, 1.165) is 19.6 Å². The molecular formula is C14H32N2O. The van der Waals surface area contributed by atoms with E-state index in [0.29, 0.717) is 5.41 Å². The molecule has 0 spiro atoms. The third-order valence-electron chi connectivity index (χ3n) is 3.58. The summed E-state index contributed by atoms with van der Waals surface area (Å²) in [6.07, 6.45) is 2.34. The Kier molecular flexibility index (Phi) is 7.29. The Morgan fingerprint density at radius 2 is 1.65 bits per heavy atom. The van der Waals surface area contributed by atoms with Crippen LogP contribution in [0.3, 0.4) is 0 Å². The standard InChI is InChI=1S/C14H32N2O/c1-7-14(8-2,11-15-13(3,4)5)12-16(6)9-10-17/h15,17H,7-12H2,1-6H3. The molecule has 0 radical (unpaired) electrons. The normalized spacial score (nSPS) is 13.4. The molecule has 0 amide bonds. The van der Waals surface area contributed by atoms with Crippen molar-refractivity contribution in [2.45, 2.75) is 53.0 Å². The van der Waals surface area contributed by atoms with E-state index in [1.807, 2.05) is 0 Å². The summed E-state index contributed by atoms with van der Waals surface area (Å²) in [6.45, 7) is 14.2. The lowest BCUT2D eigenvalue weighted by Gasteiger charge is -2.38. The molecule has 0 aromatic carbocycles. The molecule has 0 aliphatic carbocycles. The molecule has 0 heterocycles. The topological polar surface area (TPSA) is 35.5 Å². The highest BCUT2D eigenvalue weighted by atomic mass is 16.3. The van der Waals surface area contributed by atoms with Gasteiger partial charge in [-0.15, -0.1) is 0 Å². The van der Waals surface area contributed by atoms with Crippen molar-refractivity contribution >= 4 is 0 Å². The summed E-state index contributed by atoms with van der Waals surface area (Å²) in [5.41, 5.74) is 0.488. The largest absolute Gasteiger partial charge is 0.395 e. The van der Waals surface area contributed by atoms with E-state index in [2.05, 4.69) is 51.9 Å². The fourth-order valence-corrected chi connectivity index (χ4v) is 2.05. The summed E-state index contributed by atoms with van der Waals surface area (Å²) in [7, 11) is 2.09. The van der Waals surface area contributed by atoms with E-state index in [4.69, 9.17) is 5.11 Å². The summed E-state index contributed by atoms with van der Waals surface area (Å²) < 4.78 is 0. The Morgan fingerprint density at radius 3 is 2.00 bits per heavy atom. The van der Waals surface area contributed by atoms with E-state index in [1.165, 1.54) is 12.8 Å². The number of hydrogen-bond donors (Lipinski definition) is 2. The van der Waals surface area contributed by atoms with Crippen molar-refractivity contribution < 1.29 is 5.11 Å². The number of nitrogens with one attached hydrogen (secondary N) is 1. The second-order valence-corrected chi connectivity index (χ2v) is 6.27. The van der Waals surface area contributed by atoms with Gasteiger partial charge in [-0.25, -0.2) is 0 Å². The number of aliphatic hydroxyl groups is 1. The maximum absolute atomic E-state index is 8.98. The first kappa shape index (κ1) is 16.9. The van der Waals surface area contributed by atoms with Gasteiger partial charge in [0.25, 0.3) is 0 Å². The van der Waals surface area contributed by atoms with Crippen LogP contribution >= 0.6 is 0 Å². The molecule has 0 bridgehead atoms. The van der Waals surface area contributed by atoms with Gasteiger partial charge in [0.05, 0.1) is 6.61 Å². The average molecular weight is 244 g/mol. The van der Waals surface area contributed by atoms with Gasteiger partial charge in [-0.3, -0.25) is 0 Å². The molecule has 0 aromatic rings. The molecule has 0 saturated heterocycles. The molecular weight excluding hydrogens is 212 g/mol. The number of aliphatic hydroxyl groups excluding tert-OH is 1. The van der Waals surface area contributed by atoms with Crippen LogP contribution in [0.25, 0.3) is 0 Å². The maximum Gasteiger partial charge on any atom is 0.0558 e. The van der Waals surface area contributed by atoms with Gasteiger partial charge in [0, 0.05) is 25.2 Å². The van der Waals surface area contributed by atoms with Crippen LogP contribution in [0.15, 0.2) is 0 Å². The van der Waals surface area contributed by atoms with E-state index >= 15 is 0 Å². The zero-order valence-corrected chi connectivity index (χ0v) is 12.6. The third kappa shape index (κ3) is 7.02. The molecule has 0 rings (SSSR count). The molecule has 17 heavy (non-hydrogen) atoms. The van der Waals surface area contributed by atoms with Crippen LogP contribution in [-0.2, 0) is 0 Å².